The van der Waals surface area contributed by atoms with Crippen LogP contribution in [0.15, 0.2) is 12.1 Å². The van der Waals surface area contributed by atoms with Gasteiger partial charge in [-0.25, -0.2) is 9.18 Å². The van der Waals surface area contributed by atoms with Gasteiger partial charge in [-0.05, 0) is 25.8 Å². The average molecular weight is 282 g/mol. The fourth-order valence-electron chi connectivity index (χ4n) is 2.55. The highest BCUT2D eigenvalue weighted by Gasteiger charge is 2.23. The summed E-state index contributed by atoms with van der Waals surface area (Å²) < 4.78 is 19.4. The summed E-state index contributed by atoms with van der Waals surface area (Å²) in [4.78, 5) is 12.8. The molecule has 1 aromatic carbocycles. The van der Waals surface area contributed by atoms with Crippen LogP contribution in [0.5, 0.6) is 0 Å². The molecule has 1 fully saturated rings. The molecule has 0 amide bonds. The van der Waals surface area contributed by atoms with Gasteiger partial charge in [-0.1, -0.05) is 0 Å². The quantitative estimate of drug-likeness (QED) is 0.827. The Morgan fingerprint density at radius 3 is 3.00 bits per heavy atom. The molecule has 2 rings (SSSR count). The van der Waals surface area contributed by atoms with Crippen molar-refractivity contribution in [1.29, 1.82) is 0 Å². The molecule has 1 unspecified atom stereocenters. The molecule has 0 aliphatic carbocycles. The Morgan fingerprint density at radius 2 is 2.35 bits per heavy atom. The highest BCUT2D eigenvalue weighted by atomic mass is 19.1. The fraction of sp³-hybridized carbons (Fsp3) is 0.500. The summed E-state index contributed by atoms with van der Waals surface area (Å²) in [6, 6.07) is 2.38. The Hall–Kier alpha value is -1.82. The second-order valence-corrected chi connectivity index (χ2v) is 4.86. The van der Waals surface area contributed by atoms with Gasteiger partial charge >= 0.3 is 5.97 Å². The maximum atomic E-state index is 13.8. The first-order valence-electron chi connectivity index (χ1n) is 6.71. The molecule has 1 aliphatic heterocycles. The molecule has 1 aromatic rings. The van der Waals surface area contributed by atoms with Gasteiger partial charge in [0.2, 0.25) is 0 Å². The van der Waals surface area contributed by atoms with Crippen LogP contribution in [0, 0.1) is 5.82 Å². The van der Waals surface area contributed by atoms with Crippen molar-refractivity contribution in [3.05, 3.63) is 23.5 Å². The third kappa shape index (κ3) is 3.01. The number of aromatic carboxylic acids is 1. The minimum atomic E-state index is -1.31. The van der Waals surface area contributed by atoms with E-state index < -0.39 is 17.3 Å². The molecule has 0 bridgehead atoms. The number of anilines is 2. The number of hydrogen-bond donors (Lipinski definition) is 2. The number of nitrogens with two attached hydrogens (primary N) is 1. The van der Waals surface area contributed by atoms with Crippen molar-refractivity contribution < 1.29 is 19.0 Å². The van der Waals surface area contributed by atoms with Crippen LogP contribution in [-0.2, 0) is 4.74 Å². The van der Waals surface area contributed by atoms with Crippen molar-refractivity contribution in [1.82, 2.24) is 0 Å². The fourth-order valence-corrected chi connectivity index (χ4v) is 2.55. The maximum absolute atomic E-state index is 13.8. The highest BCUT2D eigenvalue weighted by Crippen LogP contribution is 2.29. The van der Waals surface area contributed by atoms with Gasteiger partial charge in [-0.3, -0.25) is 0 Å². The second-order valence-electron chi connectivity index (χ2n) is 4.86. The van der Waals surface area contributed by atoms with Gasteiger partial charge in [0.1, 0.15) is 5.82 Å². The zero-order valence-electron chi connectivity index (χ0n) is 11.4. The average Bonchev–Trinajstić information content (AvgIpc) is 2.41. The number of hydrogen-bond acceptors (Lipinski definition) is 4. The van der Waals surface area contributed by atoms with Crippen molar-refractivity contribution in [2.24, 2.45) is 0 Å². The van der Waals surface area contributed by atoms with Crippen LogP contribution in [0.25, 0.3) is 0 Å². The lowest BCUT2D eigenvalue weighted by Crippen LogP contribution is -2.40. The first kappa shape index (κ1) is 14.6. The van der Waals surface area contributed by atoms with Crippen molar-refractivity contribution in [3.8, 4) is 0 Å². The van der Waals surface area contributed by atoms with Crippen LogP contribution < -0.4 is 10.6 Å². The van der Waals surface area contributed by atoms with Gasteiger partial charge in [0, 0.05) is 25.8 Å². The van der Waals surface area contributed by atoms with Crippen LogP contribution >= 0.6 is 0 Å². The van der Waals surface area contributed by atoms with Crippen LogP contribution in [0.3, 0.4) is 0 Å². The van der Waals surface area contributed by atoms with E-state index in [-0.39, 0.29) is 11.8 Å². The third-order valence-corrected chi connectivity index (χ3v) is 3.47. The number of ether oxygens (including phenoxy) is 1. The minimum Gasteiger partial charge on any atom is -0.478 e. The van der Waals surface area contributed by atoms with Gasteiger partial charge in [0.05, 0.1) is 23.0 Å². The normalized spacial score (nSPS) is 19.1. The molecular formula is C14H19FN2O3. The smallest absolute Gasteiger partial charge is 0.338 e. The molecule has 1 saturated heterocycles. The summed E-state index contributed by atoms with van der Waals surface area (Å²) in [7, 11) is 0. The monoisotopic (exact) mass is 282 g/mol. The lowest BCUT2D eigenvalue weighted by molar-refractivity contribution is 0.0526. The number of piperidine rings is 1. The van der Waals surface area contributed by atoms with Gasteiger partial charge in [-0.2, -0.15) is 0 Å². The van der Waals surface area contributed by atoms with Crippen molar-refractivity contribution in [3.63, 3.8) is 0 Å². The molecule has 0 radical (unpaired) electrons. The van der Waals surface area contributed by atoms with E-state index in [1.807, 2.05) is 11.8 Å². The van der Waals surface area contributed by atoms with Crippen LogP contribution in [0.1, 0.15) is 30.1 Å². The molecule has 5 nitrogen and oxygen atoms in total. The Balaban J connectivity index is 2.24. The number of benzene rings is 1. The Bertz CT molecular complexity index is 505. The first-order valence-corrected chi connectivity index (χ1v) is 6.71. The molecule has 3 N–H and O–H groups in total. The lowest BCUT2D eigenvalue weighted by atomic mass is 10.1. The van der Waals surface area contributed by atoms with Gasteiger partial charge in [-0.15, -0.1) is 0 Å². The third-order valence-electron chi connectivity index (χ3n) is 3.47. The Morgan fingerprint density at radius 1 is 1.60 bits per heavy atom. The number of carboxylic acid groups (broad SMARTS) is 1. The summed E-state index contributed by atoms with van der Waals surface area (Å²) >= 11 is 0. The molecule has 1 atom stereocenters. The molecule has 1 aliphatic rings. The molecule has 0 aromatic heterocycles. The van der Waals surface area contributed by atoms with Gasteiger partial charge in [0.25, 0.3) is 0 Å². The molecular weight excluding hydrogens is 263 g/mol. The largest absolute Gasteiger partial charge is 0.478 e. The van der Waals surface area contributed by atoms with E-state index in [1.165, 1.54) is 12.1 Å². The molecule has 20 heavy (non-hydrogen) atoms. The van der Waals surface area contributed by atoms with E-state index in [4.69, 9.17) is 15.6 Å². The first-order chi connectivity index (χ1) is 9.52. The van der Waals surface area contributed by atoms with Crippen molar-refractivity contribution in [2.75, 3.05) is 30.3 Å². The summed E-state index contributed by atoms with van der Waals surface area (Å²) in [5.41, 5.74) is 6.28. The van der Waals surface area contributed by atoms with E-state index in [1.54, 1.807) is 0 Å². The van der Waals surface area contributed by atoms with E-state index in [0.717, 1.165) is 19.4 Å². The van der Waals surface area contributed by atoms with Crippen LogP contribution in [0.4, 0.5) is 15.8 Å². The van der Waals surface area contributed by atoms with Crippen molar-refractivity contribution in [2.45, 2.75) is 25.9 Å². The highest BCUT2D eigenvalue weighted by molar-refractivity contribution is 5.91. The van der Waals surface area contributed by atoms with E-state index >= 15 is 0 Å². The Kier molecular flexibility index (Phi) is 4.44. The number of nitrogens with zero attached hydrogens (tertiary/aromatic N) is 1. The summed E-state index contributed by atoms with van der Waals surface area (Å²) in [5.74, 6) is -2.08. The van der Waals surface area contributed by atoms with Gasteiger partial charge in [0.15, 0.2) is 0 Å². The minimum absolute atomic E-state index is 0.107. The summed E-state index contributed by atoms with van der Waals surface area (Å²) in [6.45, 7) is 3.98. The standard InChI is InChI=1S/C14H19FN2O3/c1-2-20-9-4-3-5-17(8-9)13-7-11(15)10(14(18)19)6-12(13)16/h6-7,9H,2-5,8,16H2,1H3,(H,18,19). The zero-order chi connectivity index (χ0) is 14.7. The maximum Gasteiger partial charge on any atom is 0.338 e. The molecule has 1 heterocycles. The molecule has 0 spiro atoms. The Labute approximate surface area is 117 Å². The number of carboxylic acids is 1. The van der Waals surface area contributed by atoms with E-state index in [9.17, 15) is 9.18 Å². The molecule has 6 heteroatoms. The summed E-state index contributed by atoms with van der Waals surface area (Å²) in [5, 5.41) is 8.87. The molecule has 110 valence electrons. The van der Waals surface area contributed by atoms with Crippen LogP contribution in [-0.4, -0.2) is 36.9 Å². The second kappa shape index (κ2) is 6.09. The molecule has 0 saturated carbocycles. The number of rotatable bonds is 4. The summed E-state index contributed by atoms with van der Waals surface area (Å²) in [6.07, 6.45) is 2.02. The number of nitrogen functional groups attached to an aromatic ring is 1. The number of halogens is 1. The van der Waals surface area contributed by atoms with E-state index in [2.05, 4.69) is 0 Å². The topological polar surface area (TPSA) is 75.8 Å². The van der Waals surface area contributed by atoms with Gasteiger partial charge < -0.3 is 20.5 Å². The lowest BCUT2D eigenvalue weighted by Gasteiger charge is -2.34. The number of carbonyl (C=O) groups is 1. The van der Waals surface area contributed by atoms with Crippen molar-refractivity contribution >= 4 is 17.3 Å². The zero-order valence-corrected chi connectivity index (χ0v) is 11.4. The van der Waals surface area contributed by atoms with E-state index in [0.29, 0.717) is 18.8 Å². The predicted octanol–water partition coefficient (Wildman–Crippen LogP) is 2.11. The predicted molar refractivity (Wildman–Crippen MR) is 74.6 cm³/mol. The SMILES string of the molecule is CCOC1CCCN(c2cc(F)c(C(=O)O)cc2N)C1. The van der Waals surface area contributed by atoms with Crippen LogP contribution in [0.2, 0.25) is 0 Å².